The monoisotopic (exact) mass is 453 g/mol. The summed E-state index contributed by atoms with van der Waals surface area (Å²) in [5, 5.41) is 11.7. The van der Waals surface area contributed by atoms with Crippen LogP contribution >= 0.6 is 11.6 Å². The van der Waals surface area contributed by atoms with Gasteiger partial charge in [0.15, 0.2) is 12.6 Å². The number of ether oxygens (including phenoxy) is 3. The highest BCUT2D eigenvalue weighted by atomic mass is 35.5. The number of nitro benzene ring substituents is 1. The molecule has 0 saturated heterocycles. The standard InChI is InChI=1S/C23H16ClNO7/c24-17-7-5-14(6-8-17)21(26)19-3-1-2-4-20(19)23(27)31-12-16-10-18(25(28)29)9-15-11-30-13-32-22(15)16/h1-10H,11-13H2. The van der Waals surface area contributed by atoms with Gasteiger partial charge in [-0.1, -0.05) is 29.8 Å². The maximum Gasteiger partial charge on any atom is 0.339 e. The van der Waals surface area contributed by atoms with Crippen LogP contribution in [0.5, 0.6) is 5.75 Å². The van der Waals surface area contributed by atoms with Gasteiger partial charge in [0.2, 0.25) is 0 Å². The summed E-state index contributed by atoms with van der Waals surface area (Å²) >= 11 is 5.88. The van der Waals surface area contributed by atoms with Crippen molar-refractivity contribution in [3.8, 4) is 5.75 Å². The van der Waals surface area contributed by atoms with Crippen LogP contribution in [0.4, 0.5) is 5.69 Å². The van der Waals surface area contributed by atoms with Crippen molar-refractivity contribution in [2.24, 2.45) is 0 Å². The second-order valence-electron chi connectivity index (χ2n) is 6.92. The number of hydrogen-bond donors (Lipinski definition) is 0. The van der Waals surface area contributed by atoms with E-state index in [0.717, 1.165) is 0 Å². The highest BCUT2D eigenvalue weighted by Crippen LogP contribution is 2.33. The normalized spacial score (nSPS) is 12.4. The largest absolute Gasteiger partial charge is 0.467 e. The van der Waals surface area contributed by atoms with Crippen LogP contribution in [0.3, 0.4) is 0 Å². The maximum atomic E-state index is 12.9. The molecular weight excluding hydrogens is 438 g/mol. The molecule has 1 aliphatic rings. The van der Waals surface area contributed by atoms with Gasteiger partial charge in [0.25, 0.3) is 5.69 Å². The molecule has 0 bridgehead atoms. The number of esters is 1. The van der Waals surface area contributed by atoms with Crippen molar-refractivity contribution in [1.82, 2.24) is 0 Å². The van der Waals surface area contributed by atoms with Gasteiger partial charge in [-0.05, 0) is 30.3 Å². The summed E-state index contributed by atoms with van der Waals surface area (Å²) in [7, 11) is 0. The van der Waals surface area contributed by atoms with Gasteiger partial charge < -0.3 is 14.2 Å². The number of non-ortho nitro benzene ring substituents is 1. The zero-order valence-electron chi connectivity index (χ0n) is 16.6. The lowest BCUT2D eigenvalue weighted by atomic mass is 9.98. The molecule has 0 saturated carbocycles. The van der Waals surface area contributed by atoms with Crippen LogP contribution in [0, 0.1) is 10.1 Å². The fourth-order valence-corrected chi connectivity index (χ4v) is 3.46. The lowest BCUT2D eigenvalue weighted by molar-refractivity contribution is -0.385. The summed E-state index contributed by atoms with van der Waals surface area (Å²) in [6.07, 6.45) is 0. The molecule has 0 aliphatic carbocycles. The second-order valence-corrected chi connectivity index (χ2v) is 7.36. The molecule has 9 heteroatoms. The van der Waals surface area contributed by atoms with Crippen molar-refractivity contribution in [3.63, 3.8) is 0 Å². The van der Waals surface area contributed by atoms with E-state index >= 15 is 0 Å². The predicted octanol–water partition coefficient (Wildman–Crippen LogP) is 4.70. The molecule has 1 aliphatic heterocycles. The van der Waals surface area contributed by atoms with Crippen molar-refractivity contribution in [1.29, 1.82) is 0 Å². The van der Waals surface area contributed by atoms with E-state index in [1.807, 2.05) is 0 Å². The number of carbonyl (C=O) groups is 2. The van der Waals surface area contributed by atoms with Gasteiger partial charge in [-0.15, -0.1) is 0 Å². The van der Waals surface area contributed by atoms with Crippen LogP contribution in [-0.2, 0) is 22.7 Å². The van der Waals surface area contributed by atoms with Gasteiger partial charge in [-0.3, -0.25) is 14.9 Å². The Labute approximate surface area is 187 Å². The minimum absolute atomic E-state index is 0.00974. The first-order valence-corrected chi connectivity index (χ1v) is 9.89. The molecule has 8 nitrogen and oxygen atoms in total. The van der Waals surface area contributed by atoms with E-state index in [0.29, 0.717) is 27.5 Å². The fraction of sp³-hybridized carbons (Fsp3) is 0.130. The quantitative estimate of drug-likeness (QED) is 0.230. The summed E-state index contributed by atoms with van der Waals surface area (Å²) in [4.78, 5) is 36.4. The molecule has 0 fully saturated rings. The van der Waals surface area contributed by atoms with Crippen LogP contribution in [0.25, 0.3) is 0 Å². The summed E-state index contributed by atoms with van der Waals surface area (Å²) in [5.74, 6) is -0.710. The van der Waals surface area contributed by atoms with E-state index in [1.54, 1.807) is 36.4 Å². The molecule has 0 atom stereocenters. The second kappa shape index (κ2) is 9.17. The van der Waals surface area contributed by atoms with E-state index < -0.39 is 10.9 Å². The average molecular weight is 454 g/mol. The van der Waals surface area contributed by atoms with Crippen molar-refractivity contribution < 1.29 is 28.7 Å². The van der Waals surface area contributed by atoms with E-state index in [4.69, 9.17) is 25.8 Å². The zero-order chi connectivity index (χ0) is 22.7. The number of rotatable bonds is 6. The van der Waals surface area contributed by atoms with Gasteiger partial charge in [-0.25, -0.2) is 4.79 Å². The van der Waals surface area contributed by atoms with Crippen molar-refractivity contribution in [2.75, 3.05) is 6.79 Å². The number of benzene rings is 3. The van der Waals surface area contributed by atoms with Gasteiger partial charge in [0, 0.05) is 39.4 Å². The first-order valence-electron chi connectivity index (χ1n) is 9.51. The van der Waals surface area contributed by atoms with Crippen LogP contribution in [0.15, 0.2) is 60.7 Å². The molecule has 1 heterocycles. The molecule has 3 aromatic carbocycles. The Hall–Kier alpha value is -3.75. The van der Waals surface area contributed by atoms with Crippen molar-refractivity contribution in [3.05, 3.63) is 104 Å². The molecule has 0 amide bonds. The number of ketones is 1. The Morgan fingerprint density at radius 3 is 2.50 bits per heavy atom. The maximum absolute atomic E-state index is 12.9. The smallest absolute Gasteiger partial charge is 0.339 e. The van der Waals surface area contributed by atoms with Crippen LogP contribution in [0.1, 0.15) is 37.4 Å². The number of fused-ring (bicyclic) bond motifs is 1. The van der Waals surface area contributed by atoms with Crippen LogP contribution in [0.2, 0.25) is 5.02 Å². The molecule has 3 aromatic rings. The summed E-state index contributed by atoms with van der Waals surface area (Å²) in [6, 6.07) is 15.2. The first kappa shape index (κ1) is 21.5. The zero-order valence-corrected chi connectivity index (χ0v) is 17.3. The molecule has 0 unspecified atom stereocenters. The minimum atomic E-state index is -0.741. The fourth-order valence-electron chi connectivity index (χ4n) is 3.33. The highest BCUT2D eigenvalue weighted by Gasteiger charge is 2.23. The van der Waals surface area contributed by atoms with Gasteiger partial charge in [0.05, 0.1) is 17.1 Å². The summed E-state index contributed by atoms with van der Waals surface area (Å²) < 4.78 is 16.0. The number of nitro groups is 1. The van der Waals surface area contributed by atoms with E-state index in [9.17, 15) is 19.7 Å². The topological polar surface area (TPSA) is 105 Å². The molecule has 0 radical (unpaired) electrons. The molecule has 32 heavy (non-hydrogen) atoms. The minimum Gasteiger partial charge on any atom is -0.467 e. The van der Waals surface area contributed by atoms with E-state index in [2.05, 4.69) is 0 Å². The van der Waals surface area contributed by atoms with Gasteiger partial charge >= 0.3 is 5.97 Å². The van der Waals surface area contributed by atoms with E-state index in [-0.39, 0.29) is 42.6 Å². The lowest BCUT2D eigenvalue weighted by Gasteiger charge is -2.20. The number of halogens is 1. The first-order chi connectivity index (χ1) is 15.4. The lowest BCUT2D eigenvalue weighted by Crippen LogP contribution is -2.16. The molecule has 0 N–H and O–H groups in total. The van der Waals surface area contributed by atoms with E-state index in [1.165, 1.54) is 24.3 Å². The van der Waals surface area contributed by atoms with Crippen molar-refractivity contribution >= 4 is 29.0 Å². The Morgan fingerprint density at radius 2 is 1.78 bits per heavy atom. The number of carbonyl (C=O) groups excluding carboxylic acids is 2. The SMILES string of the molecule is O=C(OCc1cc([N+](=O)[O-])cc2c1OCOC2)c1ccccc1C(=O)c1ccc(Cl)cc1. The van der Waals surface area contributed by atoms with Crippen molar-refractivity contribution in [2.45, 2.75) is 13.2 Å². The van der Waals surface area contributed by atoms with Crippen LogP contribution in [-0.4, -0.2) is 23.5 Å². The Balaban J connectivity index is 1.58. The number of hydrogen-bond acceptors (Lipinski definition) is 7. The molecule has 162 valence electrons. The van der Waals surface area contributed by atoms with Crippen LogP contribution < -0.4 is 4.74 Å². The Bertz CT molecular complexity index is 1210. The highest BCUT2D eigenvalue weighted by molar-refractivity contribution is 6.30. The third-order valence-electron chi connectivity index (χ3n) is 4.84. The third-order valence-corrected chi connectivity index (χ3v) is 5.09. The van der Waals surface area contributed by atoms with Gasteiger partial charge in [0.1, 0.15) is 12.4 Å². The molecule has 0 spiro atoms. The molecular formula is C23H16ClNO7. The number of nitrogens with zero attached hydrogens (tertiary/aromatic N) is 1. The molecule has 4 rings (SSSR count). The predicted molar refractivity (Wildman–Crippen MR) is 114 cm³/mol. The molecule has 0 aromatic heterocycles. The summed E-state index contributed by atoms with van der Waals surface area (Å²) in [5.41, 5.74) is 1.29. The Morgan fingerprint density at radius 1 is 1.06 bits per heavy atom. The average Bonchev–Trinajstić information content (AvgIpc) is 2.82. The Kier molecular flexibility index (Phi) is 6.16. The van der Waals surface area contributed by atoms with Gasteiger partial charge in [-0.2, -0.15) is 0 Å². The summed E-state index contributed by atoms with van der Waals surface area (Å²) in [6.45, 7) is -0.132. The third kappa shape index (κ3) is 4.46.